The Morgan fingerprint density at radius 3 is 2.44 bits per heavy atom. The second-order valence-corrected chi connectivity index (χ2v) is 2.20. The molecule has 0 aromatic heterocycles. The largest absolute Gasteiger partial charge is 0.480 e. The molecule has 1 atom stereocenters. The number of halogens is 1. The smallest absolute Gasteiger partial charge is 0.320 e. The average Bonchev–Trinajstić information content (AvgIpc) is 1.63. The van der Waals surface area contributed by atoms with Gasteiger partial charge in [-0.15, -0.1) is 0 Å². The van der Waals surface area contributed by atoms with Gasteiger partial charge in [-0.3, -0.25) is 4.79 Å². The molecule has 9 heavy (non-hydrogen) atoms. The van der Waals surface area contributed by atoms with E-state index in [0.29, 0.717) is 0 Å². The van der Waals surface area contributed by atoms with E-state index in [-0.39, 0.29) is 11.5 Å². The van der Waals surface area contributed by atoms with Gasteiger partial charge < -0.3 is 10.8 Å². The predicted octanol–water partition coefficient (Wildman–Crippen LogP) is 0.541. The number of hydrogen-bond acceptors (Lipinski definition) is 2. The molecule has 52 valence electrons. The van der Waals surface area contributed by atoms with Crippen LogP contribution in [0.5, 0.6) is 0 Å². The summed E-state index contributed by atoms with van der Waals surface area (Å²) in [6.07, 6.45) is 0.122. The lowest BCUT2D eigenvalue weighted by Gasteiger charge is -2.01. The van der Waals surface area contributed by atoms with Crippen molar-refractivity contribution in [1.29, 1.82) is 0 Å². The Morgan fingerprint density at radius 1 is 1.89 bits per heavy atom. The van der Waals surface area contributed by atoms with Gasteiger partial charge in [-0.05, 0) is 0 Å². The van der Waals surface area contributed by atoms with E-state index in [4.69, 9.17) is 22.4 Å². The Bertz CT molecular complexity index is 135. The van der Waals surface area contributed by atoms with Crippen LogP contribution in [-0.4, -0.2) is 17.1 Å². The summed E-state index contributed by atoms with van der Waals surface area (Å²) in [5, 5.41) is 8.47. The van der Waals surface area contributed by atoms with E-state index in [2.05, 4.69) is 6.58 Å². The minimum Gasteiger partial charge on any atom is -0.480 e. The van der Waals surface area contributed by atoms with E-state index in [9.17, 15) is 4.79 Å². The number of rotatable bonds is 3. The molecule has 0 bridgehead atoms. The topological polar surface area (TPSA) is 63.3 Å². The summed E-state index contributed by atoms with van der Waals surface area (Å²) in [6.45, 7) is 3.30. The van der Waals surface area contributed by atoms with Gasteiger partial charge in [0.05, 0.1) is 0 Å². The highest BCUT2D eigenvalue weighted by atomic mass is 35.5. The van der Waals surface area contributed by atoms with Crippen molar-refractivity contribution in [3.63, 3.8) is 0 Å². The molecule has 0 saturated carbocycles. The molecule has 0 heterocycles. The lowest BCUT2D eigenvalue weighted by atomic mass is 10.2. The van der Waals surface area contributed by atoms with Crippen molar-refractivity contribution in [3.8, 4) is 0 Å². The number of nitrogens with two attached hydrogens (primary N) is 1. The number of carboxylic acids is 1. The third-order valence-electron chi connectivity index (χ3n) is 0.759. The maximum Gasteiger partial charge on any atom is 0.320 e. The van der Waals surface area contributed by atoms with Crippen LogP contribution in [-0.2, 0) is 4.79 Å². The van der Waals surface area contributed by atoms with E-state index < -0.39 is 12.0 Å². The lowest BCUT2D eigenvalue weighted by Crippen LogP contribution is -2.29. The van der Waals surface area contributed by atoms with Crippen LogP contribution < -0.4 is 5.73 Å². The first kappa shape index (κ1) is 8.46. The van der Waals surface area contributed by atoms with Crippen molar-refractivity contribution in [2.24, 2.45) is 5.73 Å². The van der Waals surface area contributed by atoms with Crippen LogP contribution in [0.2, 0.25) is 0 Å². The van der Waals surface area contributed by atoms with Gasteiger partial charge in [-0.2, -0.15) is 0 Å². The summed E-state index contributed by atoms with van der Waals surface area (Å²) < 4.78 is 0. The van der Waals surface area contributed by atoms with Crippen molar-refractivity contribution < 1.29 is 9.90 Å². The molecule has 0 unspecified atom stereocenters. The minimum absolute atomic E-state index is 0.122. The molecule has 0 aliphatic carbocycles. The minimum atomic E-state index is -1.06. The zero-order chi connectivity index (χ0) is 7.44. The Labute approximate surface area is 58.1 Å². The van der Waals surface area contributed by atoms with Gasteiger partial charge in [0.25, 0.3) is 0 Å². The van der Waals surface area contributed by atoms with Crippen LogP contribution in [0.3, 0.4) is 0 Å². The van der Waals surface area contributed by atoms with Gasteiger partial charge in [-0.1, -0.05) is 18.2 Å². The van der Waals surface area contributed by atoms with Crippen LogP contribution in [0.15, 0.2) is 11.6 Å². The molecule has 0 amide bonds. The SMILES string of the molecule is C=C(Cl)C[C@H](N)C(=O)O. The van der Waals surface area contributed by atoms with Gasteiger partial charge in [0, 0.05) is 11.5 Å². The molecule has 0 rings (SSSR count). The van der Waals surface area contributed by atoms with Crippen LogP contribution in [0.1, 0.15) is 6.42 Å². The third-order valence-corrected chi connectivity index (χ3v) is 0.913. The van der Waals surface area contributed by atoms with Gasteiger partial charge in [-0.25, -0.2) is 0 Å². The molecule has 0 radical (unpaired) electrons. The fourth-order valence-corrected chi connectivity index (χ4v) is 0.492. The number of carboxylic acid groups (broad SMARTS) is 1. The highest BCUT2D eigenvalue weighted by molar-refractivity contribution is 6.29. The predicted molar refractivity (Wildman–Crippen MR) is 35.2 cm³/mol. The Kier molecular flexibility index (Phi) is 3.27. The van der Waals surface area contributed by atoms with Crippen LogP contribution in [0.25, 0.3) is 0 Å². The van der Waals surface area contributed by atoms with E-state index in [0.717, 1.165) is 0 Å². The fraction of sp³-hybridized carbons (Fsp3) is 0.400. The van der Waals surface area contributed by atoms with Crippen molar-refractivity contribution in [1.82, 2.24) is 0 Å². The molecule has 0 aliphatic heterocycles. The molecule has 0 aliphatic rings. The third kappa shape index (κ3) is 4.00. The molecule has 0 aromatic rings. The second-order valence-electron chi connectivity index (χ2n) is 1.67. The van der Waals surface area contributed by atoms with Gasteiger partial charge >= 0.3 is 5.97 Å². The molecule has 3 N–H and O–H groups in total. The van der Waals surface area contributed by atoms with Crippen molar-refractivity contribution in [2.75, 3.05) is 0 Å². The molecule has 0 fully saturated rings. The van der Waals surface area contributed by atoms with Gasteiger partial charge in [0.15, 0.2) is 0 Å². The van der Waals surface area contributed by atoms with Crippen LogP contribution in [0, 0.1) is 0 Å². The first-order valence-corrected chi connectivity index (χ1v) is 2.73. The Morgan fingerprint density at radius 2 is 2.33 bits per heavy atom. The molecule has 0 aromatic carbocycles. The van der Waals surface area contributed by atoms with E-state index >= 15 is 0 Å². The van der Waals surface area contributed by atoms with Gasteiger partial charge in [0.2, 0.25) is 0 Å². The van der Waals surface area contributed by atoms with E-state index in [1.165, 1.54) is 0 Å². The molecule has 0 saturated heterocycles. The Balaban J connectivity index is 3.63. The highest BCUT2D eigenvalue weighted by Gasteiger charge is 2.10. The average molecular weight is 150 g/mol. The first-order chi connectivity index (χ1) is 4.04. The molecular formula is C5H8ClNO2. The summed E-state index contributed by atoms with van der Waals surface area (Å²) in [5.74, 6) is -1.06. The summed E-state index contributed by atoms with van der Waals surface area (Å²) in [7, 11) is 0. The summed E-state index contributed by atoms with van der Waals surface area (Å²) in [4.78, 5) is 10.0. The lowest BCUT2D eigenvalue weighted by molar-refractivity contribution is -0.138. The number of aliphatic carboxylic acids is 1. The maximum absolute atomic E-state index is 10.0. The maximum atomic E-state index is 10.0. The summed E-state index contributed by atoms with van der Waals surface area (Å²) >= 11 is 5.28. The van der Waals surface area contributed by atoms with Gasteiger partial charge in [0.1, 0.15) is 6.04 Å². The van der Waals surface area contributed by atoms with Crippen LogP contribution >= 0.6 is 11.6 Å². The van der Waals surface area contributed by atoms with Crippen molar-refractivity contribution in [3.05, 3.63) is 11.6 Å². The Hall–Kier alpha value is -0.540. The monoisotopic (exact) mass is 149 g/mol. The van der Waals surface area contributed by atoms with Crippen LogP contribution in [0.4, 0.5) is 0 Å². The van der Waals surface area contributed by atoms with Crippen molar-refractivity contribution >= 4 is 17.6 Å². The standard InChI is InChI=1S/C5H8ClNO2/c1-3(6)2-4(7)5(8)9/h4H,1-2,7H2,(H,8,9)/t4-/m0/s1. The van der Waals surface area contributed by atoms with E-state index in [1.54, 1.807) is 0 Å². The first-order valence-electron chi connectivity index (χ1n) is 2.35. The zero-order valence-corrected chi connectivity index (χ0v) is 5.56. The van der Waals surface area contributed by atoms with Crippen molar-refractivity contribution in [2.45, 2.75) is 12.5 Å². The number of carbonyl (C=O) groups is 1. The zero-order valence-electron chi connectivity index (χ0n) is 4.80. The normalized spacial score (nSPS) is 12.7. The molecule has 3 nitrogen and oxygen atoms in total. The van der Waals surface area contributed by atoms with E-state index in [1.807, 2.05) is 0 Å². The highest BCUT2D eigenvalue weighted by Crippen LogP contribution is 2.04. The number of hydrogen-bond donors (Lipinski definition) is 2. The summed E-state index contributed by atoms with van der Waals surface area (Å²) in [6, 6.07) is -0.921. The molecule has 4 heteroatoms. The fourth-order valence-electron chi connectivity index (χ4n) is 0.326. The second kappa shape index (κ2) is 3.48. The quantitative estimate of drug-likeness (QED) is 0.616. The molecule has 0 spiro atoms. The molecular weight excluding hydrogens is 142 g/mol. The summed E-state index contributed by atoms with van der Waals surface area (Å²) in [5.41, 5.74) is 5.07.